The number of carbonyl (C=O) groups is 1. The van der Waals surface area contributed by atoms with E-state index in [1.165, 1.54) is 96.3 Å². The summed E-state index contributed by atoms with van der Waals surface area (Å²) in [7, 11) is 0. The van der Waals surface area contributed by atoms with Gasteiger partial charge >= 0.3 is 0 Å². The van der Waals surface area contributed by atoms with Gasteiger partial charge in [-0.2, -0.15) is 0 Å². The van der Waals surface area contributed by atoms with Gasteiger partial charge in [-0.3, -0.25) is 4.79 Å². The Morgan fingerprint density at radius 3 is 1.52 bits per heavy atom. The van der Waals surface area contributed by atoms with Crippen molar-refractivity contribution < 1.29 is 39.8 Å². The van der Waals surface area contributed by atoms with Gasteiger partial charge in [-0.25, -0.2) is 0 Å². The first-order chi connectivity index (χ1) is 30.8. The highest BCUT2D eigenvalue weighted by Crippen LogP contribution is 2.22. The normalized spacial score (nSPS) is 20.9. The van der Waals surface area contributed by atoms with Crippen molar-refractivity contribution in [3.05, 3.63) is 85.1 Å². The standard InChI is InChI=1S/C54H93NO8/c1-3-5-7-9-11-13-15-17-19-21-23-24-26-27-29-31-33-35-37-39-41-43-48(57)47(46-62-54-53(61)52(60)51(59)49(45-56)63-54)55-50(58)44-42-40-38-36-34-32-30-28-25-22-20-18-16-14-12-10-8-6-4-2/h6,8,12,14,18,20,25,28,32-35,41,43,47-49,51-54,56-57,59-61H,3-5,7,9-11,13,15-17,19,21-24,26-27,29-31,36-40,42,44-46H2,1-2H3,(H,55,58)/b8-6-,14-12-,20-18-,28-25-,34-32-,35-33+,43-41+. The van der Waals surface area contributed by atoms with Crippen molar-refractivity contribution >= 4 is 5.91 Å². The van der Waals surface area contributed by atoms with Crippen molar-refractivity contribution in [2.75, 3.05) is 13.2 Å². The molecule has 1 saturated heterocycles. The summed E-state index contributed by atoms with van der Waals surface area (Å²) < 4.78 is 11.2. The number of hydrogen-bond donors (Lipinski definition) is 6. The van der Waals surface area contributed by atoms with Crippen LogP contribution in [0.4, 0.5) is 0 Å². The number of ether oxygens (including phenoxy) is 2. The molecule has 0 aromatic carbocycles. The van der Waals surface area contributed by atoms with Crippen LogP contribution in [0.2, 0.25) is 0 Å². The smallest absolute Gasteiger partial charge is 0.220 e. The number of amides is 1. The van der Waals surface area contributed by atoms with Crippen molar-refractivity contribution in [2.45, 2.75) is 236 Å². The molecule has 63 heavy (non-hydrogen) atoms. The van der Waals surface area contributed by atoms with Crippen molar-refractivity contribution in [2.24, 2.45) is 0 Å². The first-order valence-corrected chi connectivity index (χ1v) is 25.3. The van der Waals surface area contributed by atoms with Crippen LogP contribution in [-0.2, 0) is 14.3 Å². The van der Waals surface area contributed by atoms with E-state index in [-0.39, 0.29) is 12.5 Å². The SMILES string of the molecule is CC/C=C\C/C=C\C/C=C\C/C=C\C/C=C\CCCCCC(=O)NC(COC1OC(CO)C(O)C(O)C1O)C(O)/C=C/CC/C=C/CCCCCCCCCCCCCCCCC. The van der Waals surface area contributed by atoms with Crippen LogP contribution in [-0.4, -0.2) is 87.5 Å². The molecule has 1 heterocycles. The Hall–Kier alpha value is -2.63. The van der Waals surface area contributed by atoms with Crippen LogP contribution in [0.3, 0.4) is 0 Å². The second-order valence-corrected chi connectivity index (χ2v) is 17.2. The van der Waals surface area contributed by atoms with Crippen LogP contribution in [0.1, 0.15) is 194 Å². The third kappa shape index (κ3) is 33.5. The average molecular weight is 884 g/mol. The second kappa shape index (κ2) is 43.3. The quantitative estimate of drug-likeness (QED) is 0.0263. The fourth-order valence-corrected chi connectivity index (χ4v) is 7.43. The molecular formula is C54H93NO8. The molecule has 1 amide bonds. The summed E-state index contributed by atoms with van der Waals surface area (Å²) in [5.74, 6) is -0.221. The van der Waals surface area contributed by atoms with Crippen LogP contribution in [0.15, 0.2) is 85.1 Å². The molecule has 0 aromatic heterocycles. The Morgan fingerprint density at radius 2 is 1.00 bits per heavy atom. The van der Waals surface area contributed by atoms with E-state index in [9.17, 15) is 30.3 Å². The molecule has 9 heteroatoms. The lowest BCUT2D eigenvalue weighted by Crippen LogP contribution is -2.60. The van der Waals surface area contributed by atoms with Crippen LogP contribution in [0.5, 0.6) is 0 Å². The van der Waals surface area contributed by atoms with Gasteiger partial charge in [0.2, 0.25) is 5.91 Å². The molecule has 1 fully saturated rings. The summed E-state index contributed by atoms with van der Waals surface area (Å²) in [6.45, 7) is 3.62. The predicted octanol–water partition coefficient (Wildman–Crippen LogP) is 11.5. The summed E-state index contributed by atoms with van der Waals surface area (Å²) in [5.41, 5.74) is 0. The van der Waals surface area contributed by atoms with Crippen molar-refractivity contribution in [1.82, 2.24) is 5.32 Å². The van der Waals surface area contributed by atoms with Crippen LogP contribution in [0.25, 0.3) is 0 Å². The highest BCUT2D eigenvalue weighted by molar-refractivity contribution is 5.76. The number of aliphatic hydroxyl groups is 5. The van der Waals surface area contributed by atoms with E-state index in [4.69, 9.17) is 9.47 Å². The highest BCUT2D eigenvalue weighted by atomic mass is 16.7. The van der Waals surface area contributed by atoms with Crippen molar-refractivity contribution in [3.63, 3.8) is 0 Å². The van der Waals surface area contributed by atoms with E-state index in [0.717, 1.165) is 70.6 Å². The lowest BCUT2D eigenvalue weighted by molar-refractivity contribution is -0.302. The van der Waals surface area contributed by atoms with E-state index in [1.54, 1.807) is 6.08 Å². The summed E-state index contributed by atoms with van der Waals surface area (Å²) in [6.07, 6.45) is 53.5. The molecular weight excluding hydrogens is 791 g/mol. The summed E-state index contributed by atoms with van der Waals surface area (Å²) in [6, 6.07) is -0.844. The minimum Gasteiger partial charge on any atom is -0.394 e. The van der Waals surface area contributed by atoms with Crippen LogP contribution >= 0.6 is 0 Å². The monoisotopic (exact) mass is 884 g/mol. The Balaban J connectivity index is 2.37. The van der Waals surface area contributed by atoms with Crippen LogP contribution in [0, 0.1) is 0 Å². The maximum Gasteiger partial charge on any atom is 0.220 e. The van der Waals surface area contributed by atoms with E-state index in [0.29, 0.717) is 12.8 Å². The third-order valence-electron chi connectivity index (χ3n) is 11.5. The third-order valence-corrected chi connectivity index (χ3v) is 11.5. The van der Waals surface area contributed by atoms with Crippen LogP contribution < -0.4 is 5.32 Å². The number of nitrogens with one attached hydrogen (secondary N) is 1. The zero-order chi connectivity index (χ0) is 45.9. The molecule has 362 valence electrons. The largest absolute Gasteiger partial charge is 0.394 e. The van der Waals surface area contributed by atoms with Gasteiger partial charge in [0.1, 0.15) is 24.4 Å². The van der Waals surface area contributed by atoms with Gasteiger partial charge in [-0.05, 0) is 77.0 Å². The minimum absolute atomic E-state index is 0.219. The van der Waals surface area contributed by atoms with E-state index >= 15 is 0 Å². The molecule has 1 aliphatic rings. The summed E-state index contributed by atoms with van der Waals surface area (Å²) in [4.78, 5) is 13.0. The van der Waals surface area contributed by atoms with Crippen molar-refractivity contribution in [3.8, 4) is 0 Å². The lowest BCUT2D eigenvalue weighted by Gasteiger charge is -2.40. The van der Waals surface area contributed by atoms with Gasteiger partial charge in [-0.1, -0.05) is 195 Å². The predicted molar refractivity (Wildman–Crippen MR) is 262 cm³/mol. The molecule has 0 aliphatic carbocycles. The lowest BCUT2D eigenvalue weighted by atomic mass is 9.99. The van der Waals surface area contributed by atoms with E-state index in [1.807, 2.05) is 6.08 Å². The van der Waals surface area contributed by atoms with E-state index in [2.05, 4.69) is 92.1 Å². The Kier molecular flexibility index (Phi) is 40.1. The van der Waals surface area contributed by atoms with Gasteiger partial charge in [0.15, 0.2) is 6.29 Å². The summed E-state index contributed by atoms with van der Waals surface area (Å²) >= 11 is 0. The number of unbranched alkanes of at least 4 members (excludes halogenated alkanes) is 19. The van der Waals surface area contributed by atoms with Crippen molar-refractivity contribution in [1.29, 1.82) is 0 Å². The molecule has 0 saturated carbocycles. The molecule has 0 radical (unpaired) electrons. The Labute approximate surface area is 384 Å². The molecule has 0 aromatic rings. The Bertz CT molecular complexity index is 1260. The minimum atomic E-state index is -1.58. The molecule has 0 spiro atoms. The maximum absolute atomic E-state index is 13.0. The highest BCUT2D eigenvalue weighted by Gasteiger charge is 2.44. The second-order valence-electron chi connectivity index (χ2n) is 17.2. The number of rotatable bonds is 41. The fraction of sp³-hybridized carbons (Fsp3) is 0.722. The number of carbonyl (C=O) groups excluding carboxylic acids is 1. The van der Waals surface area contributed by atoms with Gasteiger partial charge in [0.05, 0.1) is 25.4 Å². The summed E-state index contributed by atoms with van der Waals surface area (Å²) in [5, 5.41) is 54.3. The first kappa shape index (κ1) is 58.4. The molecule has 7 unspecified atom stereocenters. The first-order valence-electron chi connectivity index (χ1n) is 25.3. The number of allylic oxidation sites excluding steroid dienone is 13. The zero-order valence-corrected chi connectivity index (χ0v) is 39.8. The number of hydrogen-bond acceptors (Lipinski definition) is 8. The number of aliphatic hydroxyl groups excluding tert-OH is 5. The molecule has 7 atom stereocenters. The fourth-order valence-electron chi connectivity index (χ4n) is 7.43. The molecule has 1 aliphatic heterocycles. The molecule has 6 N–H and O–H groups in total. The Morgan fingerprint density at radius 1 is 0.556 bits per heavy atom. The van der Waals surface area contributed by atoms with Gasteiger partial charge in [0.25, 0.3) is 0 Å². The average Bonchev–Trinajstić information content (AvgIpc) is 3.28. The van der Waals surface area contributed by atoms with Gasteiger partial charge in [0, 0.05) is 6.42 Å². The van der Waals surface area contributed by atoms with Gasteiger partial charge in [-0.15, -0.1) is 0 Å². The van der Waals surface area contributed by atoms with E-state index < -0.39 is 49.5 Å². The molecule has 0 bridgehead atoms. The zero-order valence-electron chi connectivity index (χ0n) is 39.8. The maximum atomic E-state index is 13.0. The topological polar surface area (TPSA) is 149 Å². The molecule has 9 nitrogen and oxygen atoms in total. The van der Waals surface area contributed by atoms with Gasteiger partial charge < -0.3 is 40.3 Å². The molecule has 1 rings (SSSR count).